The van der Waals surface area contributed by atoms with E-state index in [1.165, 1.54) is 0 Å². The van der Waals surface area contributed by atoms with E-state index in [0.29, 0.717) is 16.2 Å². The van der Waals surface area contributed by atoms with Gasteiger partial charge >= 0.3 is 0 Å². The Morgan fingerprint density at radius 1 is 1.21 bits per heavy atom. The van der Waals surface area contributed by atoms with Gasteiger partial charge in [0.15, 0.2) is 5.75 Å². The van der Waals surface area contributed by atoms with Crippen LogP contribution in [-0.2, 0) is 5.41 Å². The molecule has 2 aromatic rings. The minimum Gasteiger partial charge on any atom is -0.437 e. The van der Waals surface area contributed by atoms with Crippen LogP contribution >= 0.6 is 15.9 Å². The van der Waals surface area contributed by atoms with Gasteiger partial charge in [-0.15, -0.1) is 0 Å². The molecule has 100 valence electrons. The topological polar surface area (TPSA) is 47.9 Å². The molecule has 0 aliphatic carbocycles. The van der Waals surface area contributed by atoms with Crippen molar-refractivity contribution < 1.29 is 4.74 Å². The number of aryl methyl sites for hydroxylation is 1. The van der Waals surface area contributed by atoms with Gasteiger partial charge in [0.2, 0.25) is 5.88 Å². The molecule has 0 unspecified atom stereocenters. The van der Waals surface area contributed by atoms with E-state index in [1.807, 2.05) is 19.1 Å². The average molecular weight is 322 g/mol. The van der Waals surface area contributed by atoms with Gasteiger partial charge in [-0.1, -0.05) is 20.8 Å². The SMILES string of the molecule is Cc1ncccc1Oc1cc(Br)nc(C(C)(C)C)n1. The van der Waals surface area contributed by atoms with Crippen molar-refractivity contribution in [1.29, 1.82) is 0 Å². The fourth-order valence-corrected chi connectivity index (χ4v) is 1.84. The first-order chi connectivity index (χ1) is 8.86. The number of pyridine rings is 1. The average Bonchev–Trinajstić information content (AvgIpc) is 2.30. The van der Waals surface area contributed by atoms with E-state index in [2.05, 4.69) is 51.7 Å². The molecular weight excluding hydrogens is 306 g/mol. The maximum atomic E-state index is 5.78. The Balaban J connectivity index is 2.36. The van der Waals surface area contributed by atoms with E-state index < -0.39 is 0 Å². The Morgan fingerprint density at radius 3 is 2.58 bits per heavy atom. The van der Waals surface area contributed by atoms with E-state index in [1.54, 1.807) is 12.3 Å². The van der Waals surface area contributed by atoms with Crippen molar-refractivity contribution in [3.63, 3.8) is 0 Å². The summed E-state index contributed by atoms with van der Waals surface area (Å²) in [5.41, 5.74) is 0.695. The van der Waals surface area contributed by atoms with Gasteiger partial charge in [-0.05, 0) is 35.0 Å². The number of aromatic nitrogens is 3. The highest BCUT2D eigenvalue weighted by atomic mass is 79.9. The predicted molar refractivity (Wildman–Crippen MR) is 77.5 cm³/mol. The van der Waals surface area contributed by atoms with E-state index in [9.17, 15) is 0 Å². The number of hydrogen-bond donors (Lipinski definition) is 0. The molecule has 0 radical (unpaired) electrons. The number of ether oxygens (including phenoxy) is 1. The molecule has 0 atom stereocenters. The van der Waals surface area contributed by atoms with Gasteiger partial charge in [0.05, 0.1) is 5.69 Å². The summed E-state index contributed by atoms with van der Waals surface area (Å²) in [4.78, 5) is 13.0. The predicted octanol–water partition coefficient (Wildman–Crippen LogP) is 4.03. The maximum absolute atomic E-state index is 5.78. The van der Waals surface area contributed by atoms with E-state index in [-0.39, 0.29) is 5.41 Å². The first-order valence-corrected chi connectivity index (χ1v) is 6.80. The smallest absolute Gasteiger partial charge is 0.223 e. The zero-order valence-electron chi connectivity index (χ0n) is 11.4. The summed E-state index contributed by atoms with van der Waals surface area (Å²) in [6, 6.07) is 5.46. The quantitative estimate of drug-likeness (QED) is 0.783. The van der Waals surface area contributed by atoms with Gasteiger partial charge in [-0.3, -0.25) is 4.98 Å². The third kappa shape index (κ3) is 3.50. The molecule has 0 aliphatic rings. The summed E-state index contributed by atoms with van der Waals surface area (Å²) < 4.78 is 6.49. The lowest BCUT2D eigenvalue weighted by atomic mass is 9.96. The molecule has 5 heteroatoms. The fourth-order valence-electron chi connectivity index (χ4n) is 1.47. The second-order valence-electron chi connectivity index (χ2n) is 5.29. The minimum atomic E-state index is -0.133. The normalized spacial score (nSPS) is 11.4. The van der Waals surface area contributed by atoms with Crippen molar-refractivity contribution in [1.82, 2.24) is 15.0 Å². The molecule has 0 aromatic carbocycles. The third-order valence-electron chi connectivity index (χ3n) is 2.52. The van der Waals surface area contributed by atoms with Crippen molar-refractivity contribution in [3.05, 3.63) is 40.5 Å². The van der Waals surface area contributed by atoms with Crippen LogP contribution in [-0.4, -0.2) is 15.0 Å². The van der Waals surface area contributed by atoms with E-state index in [0.717, 1.165) is 11.5 Å². The van der Waals surface area contributed by atoms with Crippen LogP contribution in [0.4, 0.5) is 0 Å². The molecule has 0 bridgehead atoms. The number of nitrogens with zero attached hydrogens (tertiary/aromatic N) is 3. The molecule has 0 fully saturated rings. The van der Waals surface area contributed by atoms with Crippen LogP contribution in [0.3, 0.4) is 0 Å². The first-order valence-electron chi connectivity index (χ1n) is 6.01. The van der Waals surface area contributed by atoms with Crippen LogP contribution in [0.2, 0.25) is 0 Å². The van der Waals surface area contributed by atoms with Gasteiger partial charge < -0.3 is 4.74 Å². The highest BCUT2D eigenvalue weighted by Crippen LogP contribution is 2.27. The lowest BCUT2D eigenvalue weighted by molar-refractivity contribution is 0.439. The zero-order chi connectivity index (χ0) is 14.0. The summed E-state index contributed by atoms with van der Waals surface area (Å²) in [6.45, 7) is 8.09. The highest BCUT2D eigenvalue weighted by molar-refractivity contribution is 9.10. The summed E-state index contributed by atoms with van der Waals surface area (Å²) in [5.74, 6) is 1.95. The van der Waals surface area contributed by atoms with Gasteiger partial charge in [0.25, 0.3) is 0 Å². The molecule has 4 nitrogen and oxygen atoms in total. The Morgan fingerprint density at radius 2 is 1.95 bits per heavy atom. The molecule has 0 saturated heterocycles. The second kappa shape index (κ2) is 5.25. The first kappa shape index (κ1) is 13.9. The molecule has 0 aliphatic heterocycles. The molecule has 0 amide bonds. The van der Waals surface area contributed by atoms with Gasteiger partial charge in [0.1, 0.15) is 10.4 Å². The standard InChI is InChI=1S/C14H16BrN3O/c1-9-10(6-5-7-16-9)19-12-8-11(15)17-13(18-12)14(2,3)4/h5-8H,1-4H3. The van der Waals surface area contributed by atoms with E-state index in [4.69, 9.17) is 4.74 Å². The van der Waals surface area contributed by atoms with Crippen molar-refractivity contribution in [2.45, 2.75) is 33.1 Å². The molecular formula is C14H16BrN3O. The van der Waals surface area contributed by atoms with Crippen LogP contribution in [0.25, 0.3) is 0 Å². The second-order valence-corrected chi connectivity index (χ2v) is 6.10. The van der Waals surface area contributed by atoms with Crippen LogP contribution in [0.1, 0.15) is 32.3 Å². The fraction of sp³-hybridized carbons (Fsp3) is 0.357. The van der Waals surface area contributed by atoms with Crippen LogP contribution in [0.15, 0.2) is 29.0 Å². The Labute approximate surface area is 121 Å². The van der Waals surface area contributed by atoms with Gasteiger partial charge in [-0.25, -0.2) is 4.98 Å². The summed E-state index contributed by atoms with van der Waals surface area (Å²) in [6.07, 6.45) is 1.73. The summed E-state index contributed by atoms with van der Waals surface area (Å²) in [7, 11) is 0. The molecule has 2 rings (SSSR count). The third-order valence-corrected chi connectivity index (χ3v) is 2.92. The lowest BCUT2D eigenvalue weighted by Crippen LogP contribution is -2.16. The largest absolute Gasteiger partial charge is 0.437 e. The van der Waals surface area contributed by atoms with Crippen molar-refractivity contribution in [2.24, 2.45) is 0 Å². The minimum absolute atomic E-state index is 0.133. The Kier molecular flexibility index (Phi) is 3.85. The Bertz CT molecular complexity index is 593. The van der Waals surface area contributed by atoms with Gasteiger partial charge in [-0.2, -0.15) is 4.98 Å². The molecule has 2 aromatic heterocycles. The molecule has 2 heterocycles. The highest BCUT2D eigenvalue weighted by Gasteiger charge is 2.19. The molecule has 0 N–H and O–H groups in total. The monoisotopic (exact) mass is 321 g/mol. The lowest BCUT2D eigenvalue weighted by Gasteiger charge is -2.17. The molecule has 0 spiro atoms. The number of rotatable bonds is 2. The van der Waals surface area contributed by atoms with Crippen LogP contribution in [0.5, 0.6) is 11.6 Å². The molecule has 19 heavy (non-hydrogen) atoms. The van der Waals surface area contributed by atoms with Crippen LogP contribution in [0, 0.1) is 6.92 Å². The zero-order valence-corrected chi connectivity index (χ0v) is 13.0. The summed E-state index contributed by atoms with van der Waals surface area (Å²) in [5, 5.41) is 0. The van der Waals surface area contributed by atoms with E-state index >= 15 is 0 Å². The Hall–Kier alpha value is -1.49. The van der Waals surface area contributed by atoms with Gasteiger partial charge in [0, 0.05) is 17.7 Å². The van der Waals surface area contributed by atoms with Crippen molar-refractivity contribution in [2.75, 3.05) is 0 Å². The van der Waals surface area contributed by atoms with Crippen LogP contribution < -0.4 is 4.74 Å². The van der Waals surface area contributed by atoms with Crippen molar-refractivity contribution >= 4 is 15.9 Å². The number of halogens is 1. The molecule has 0 saturated carbocycles. The van der Waals surface area contributed by atoms with Crippen molar-refractivity contribution in [3.8, 4) is 11.6 Å². The number of hydrogen-bond acceptors (Lipinski definition) is 4. The summed E-state index contributed by atoms with van der Waals surface area (Å²) >= 11 is 3.39. The maximum Gasteiger partial charge on any atom is 0.223 e.